The summed E-state index contributed by atoms with van der Waals surface area (Å²) in [5, 5.41) is 8.90. The van der Waals surface area contributed by atoms with Crippen molar-refractivity contribution >= 4 is 0 Å². The Morgan fingerprint density at radius 2 is 1.82 bits per heavy atom. The molecule has 142 valence electrons. The highest BCUT2D eigenvalue weighted by atomic mass is 16.1. The molecule has 1 spiro atoms. The number of likely N-dealkylation sites (tertiary alicyclic amines) is 1. The van der Waals surface area contributed by atoms with Gasteiger partial charge in [-0.1, -0.05) is 36.4 Å². The van der Waals surface area contributed by atoms with E-state index in [1.807, 2.05) is 47.9 Å². The maximum absolute atomic E-state index is 13.0. The van der Waals surface area contributed by atoms with Crippen LogP contribution in [-0.4, -0.2) is 37.7 Å². The topological polar surface area (TPSA) is 63.9 Å². The van der Waals surface area contributed by atoms with Crippen molar-refractivity contribution in [2.45, 2.75) is 38.3 Å². The summed E-state index contributed by atoms with van der Waals surface area (Å²) in [6.45, 7) is 5.48. The number of hydrogen-bond acceptors (Lipinski definition) is 5. The third-order valence-corrected chi connectivity index (χ3v) is 6.05. The van der Waals surface area contributed by atoms with Crippen molar-refractivity contribution in [1.29, 1.82) is 0 Å². The summed E-state index contributed by atoms with van der Waals surface area (Å²) in [7, 11) is 0. The Hall–Kier alpha value is -2.86. The highest BCUT2D eigenvalue weighted by Gasteiger charge is 2.46. The van der Waals surface area contributed by atoms with E-state index in [0.717, 1.165) is 61.8 Å². The van der Waals surface area contributed by atoms with Crippen molar-refractivity contribution in [2.75, 3.05) is 13.1 Å². The first-order valence-electron chi connectivity index (χ1n) is 9.83. The second-order valence-corrected chi connectivity index (χ2v) is 7.96. The van der Waals surface area contributed by atoms with E-state index < -0.39 is 0 Å². The highest BCUT2D eigenvalue weighted by molar-refractivity contribution is 5.57. The summed E-state index contributed by atoms with van der Waals surface area (Å²) >= 11 is 0. The molecule has 0 aliphatic carbocycles. The number of rotatable bonds is 3. The maximum atomic E-state index is 13.0. The van der Waals surface area contributed by atoms with Gasteiger partial charge in [0.25, 0.3) is 5.56 Å². The zero-order chi connectivity index (χ0) is 19.1. The molecule has 2 aliphatic heterocycles. The molecule has 6 nitrogen and oxygen atoms in total. The quantitative estimate of drug-likeness (QED) is 0.706. The average molecular weight is 373 g/mol. The lowest BCUT2D eigenvalue weighted by atomic mass is 9.85. The molecule has 3 aromatic rings. The normalized spacial score (nSPS) is 21.3. The Bertz CT molecular complexity index is 1080. The fourth-order valence-electron chi connectivity index (χ4n) is 4.63. The van der Waals surface area contributed by atoms with Crippen LogP contribution in [0.2, 0.25) is 0 Å². The van der Waals surface area contributed by atoms with Crippen LogP contribution < -0.4 is 5.56 Å². The molecule has 0 radical (unpaired) electrons. The molecule has 0 unspecified atom stereocenters. The van der Waals surface area contributed by atoms with Gasteiger partial charge in [0.05, 0.1) is 5.69 Å². The predicted octanol–water partition coefficient (Wildman–Crippen LogP) is 2.56. The summed E-state index contributed by atoms with van der Waals surface area (Å²) < 4.78 is 1.85. The monoisotopic (exact) mass is 373 g/mol. The molecule has 0 saturated carbocycles. The van der Waals surface area contributed by atoms with Gasteiger partial charge in [-0.15, -0.1) is 10.2 Å². The summed E-state index contributed by atoms with van der Waals surface area (Å²) in [5.74, 6) is 0.858. The first-order valence-corrected chi connectivity index (χ1v) is 9.83. The van der Waals surface area contributed by atoms with Crippen molar-refractivity contribution in [2.24, 2.45) is 0 Å². The number of hydrogen-bond donors (Lipinski definition) is 0. The van der Waals surface area contributed by atoms with E-state index in [2.05, 4.69) is 32.2 Å². The lowest BCUT2D eigenvalue weighted by Crippen LogP contribution is -2.33. The van der Waals surface area contributed by atoms with Gasteiger partial charge in [0.15, 0.2) is 5.69 Å². The van der Waals surface area contributed by atoms with Gasteiger partial charge in [-0.25, -0.2) is 0 Å². The molecule has 6 heteroatoms. The number of nitrogens with zero attached hydrogens (tertiary/aromatic N) is 5. The molecular formula is C22H23N5O. The van der Waals surface area contributed by atoms with Gasteiger partial charge in [-0.05, 0) is 38.4 Å². The van der Waals surface area contributed by atoms with Crippen LogP contribution in [0.25, 0.3) is 11.3 Å². The summed E-state index contributed by atoms with van der Waals surface area (Å²) in [6.07, 6.45) is 1.96. The second-order valence-electron chi connectivity index (χ2n) is 7.96. The number of aromatic nitrogens is 4. The lowest BCUT2D eigenvalue weighted by Gasteiger charge is -2.23. The highest BCUT2D eigenvalue weighted by Crippen LogP contribution is 2.41. The molecule has 2 aromatic heterocycles. The van der Waals surface area contributed by atoms with Gasteiger partial charge >= 0.3 is 0 Å². The van der Waals surface area contributed by atoms with E-state index in [0.29, 0.717) is 5.69 Å². The molecule has 1 fully saturated rings. The van der Waals surface area contributed by atoms with Crippen molar-refractivity contribution in [3.8, 4) is 11.3 Å². The zero-order valence-corrected chi connectivity index (χ0v) is 16.0. The Morgan fingerprint density at radius 1 is 1.00 bits per heavy atom. The van der Waals surface area contributed by atoms with E-state index in [4.69, 9.17) is 0 Å². The minimum atomic E-state index is -0.0643. The Labute approximate surface area is 163 Å². The number of benzene rings is 1. The van der Waals surface area contributed by atoms with Gasteiger partial charge in [0, 0.05) is 36.3 Å². The third kappa shape index (κ3) is 2.85. The molecule has 28 heavy (non-hydrogen) atoms. The van der Waals surface area contributed by atoms with Crippen LogP contribution in [0.1, 0.15) is 30.1 Å². The molecule has 0 N–H and O–H groups in total. The first kappa shape index (κ1) is 17.3. The number of fused-ring (bicyclic) bond motifs is 2. The predicted molar refractivity (Wildman–Crippen MR) is 107 cm³/mol. The molecule has 0 amide bonds. The van der Waals surface area contributed by atoms with Gasteiger partial charge in [-0.2, -0.15) is 0 Å². The molecule has 1 atom stereocenters. The molecule has 2 aliphatic rings. The molecule has 5 rings (SSSR count). The van der Waals surface area contributed by atoms with Crippen LogP contribution in [0.4, 0.5) is 0 Å². The average Bonchev–Trinajstić information content (AvgIpc) is 3.28. The van der Waals surface area contributed by atoms with E-state index >= 15 is 0 Å². The largest absolute Gasteiger partial charge is 0.296 e. The summed E-state index contributed by atoms with van der Waals surface area (Å²) in [5.41, 5.74) is 3.33. The summed E-state index contributed by atoms with van der Waals surface area (Å²) in [4.78, 5) is 20.1. The van der Waals surface area contributed by atoms with E-state index in [1.54, 1.807) is 0 Å². The maximum Gasteiger partial charge on any atom is 0.280 e. The minimum absolute atomic E-state index is 0.0214. The number of aryl methyl sites for hydroxylation is 1. The third-order valence-electron chi connectivity index (χ3n) is 6.05. The Morgan fingerprint density at radius 3 is 2.64 bits per heavy atom. The van der Waals surface area contributed by atoms with Gasteiger partial charge in [-0.3, -0.25) is 19.2 Å². The SMILES string of the molecule is Cc1cccc(CN2CC[C@@]3(CCn4c3nnc(-c3ccccc3)c4=O)C2)n1. The Kier molecular flexibility index (Phi) is 4.09. The smallest absolute Gasteiger partial charge is 0.280 e. The van der Waals surface area contributed by atoms with Crippen LogP contribution in [0.3, 0.4) is 0 Å². The van der Waals surface area contributed by atoms with Crippen molar-refractivity contribution in [1.82, 2.24) is 24.6 Å². The van der Waals surface area contributed by atoms with Gasteiger partial charge in [0.2, 0.25) is 0 Å². The molecule has 4 heterocycles. The fraction of sp³-hybridized carbons (Fsp3) is 0.364. The van der Waals surface area contributed by atoms with Gasteiger partial charge in [0.1, 0.15) is 5.82 Å². The van der Waals surface area contributed by atoms with Crippen LogP contribution in [0.5, 0.6) is 0 Å². The zero-order valence-electron chi connectivity index (χ0n) is 16.0. The fourth-order valence-corrected chi connectivity index (χ4v) is 4.63. The van der Waals surface area contributed by atoms with E-state index in [1.165, 1.54) is 0 Å². The standard InChI is InChI=1S/C22H23N5O/c1-16-6-5-9-18(23-16)14-26-12-10-22(15-26)11-13-27-20(28)19(24-25-21(22)27)17-7-3-2-4-8-17/h2-9H,10-15H2,1H3/t22-/m1/s1. The minimum Gasteiger partial charge on any atom is -0.296 e. The van der Waals surface area contributed by atoms with E-state index in [9.17, 15) is 4.79 Å². The second kappa shape index (κ2) is 6.63. The summed E-state index contributed by atoms with van der Waals surface area (Å²) in [6, 6.07) is 15.8. The van der Waals surface area contributed by atoms with Crippen molar-refractivity contribution in [3.05, 3.63) is 76.1 Å². The Balaban J connectivity index is 1.42. The van der Waals surface area contributed by atoms with E-state index in [-0.39, 0.29) is 11.0 Å². The molecular weight excluding hydrogens is 350 g/mol. The van der Waals surface area contributed by atoms with Crippen LogP contribution in [0.15, 0.2) is 53.3 Å². The first-order chi connectivity index (χ1) is 13.6. The van der Waals surface area contributed by atoms with Gasteiger partial charge < -0.3 is 0 Å². The lowest BCUT2D eigenvalue weighted by molar-refractivity contribution is 0.296. The molecule has 0 bridgehead atoms. The molecule has 1 saturated heterocycles. The molecule has 1 aromatic carbocycles. The van der Waals surface area contributed by atoms with Crippen LogP contribution >= 0.6 is 0 Å². The number of pyridine rings is 1. The van der Waals surface area contributed by atoms with Crippen LogP contribution in [-0.2, 0) is 18.5 Å². The van der Waals surface area contributed by atoms with Crippen molar-refractivity contribution < 1.29 is 0 Å². The van der Waals surface area contributed by atoms with Crippen LogP contribution in [0, 0.1) is 6.92 Å². The van der Waals surface area contributed by atoms with Crippen molar-refractivity contribution in [3.63, 3.8) is 0 Å².